The average Bonchev–Trinajstić information content (AvgIpc) is 2.58. The van der Waals surface area contributed by atoms with Crippen molar-refractivity contribution in [1.29, 1.82) is 0 Å². The number of anilines is 1. The fourth-order valence-corrected chi connectivity index (χ4v) is 3.25. The molecule has 1 aromatic rings. The SMILES string of the molecule is Nc1ncccc1S(=O)(=O)N1CCCOCC1. The summed E-state index contributed by atoms with van der Waals surface area (Å²) in [5, 5.41) is 0. The van der Waals surface area contributed by atoms with E-state index >= 15 is 0 Å². The van der Waals surface area contributed by atoms with Crippen LogP contribution in [-0.4, -0.2) is 44.0 Å². The highest BCUT2D eigenvalue weighted by Gasteiger charge is 2.27. The Balaban J connectivity index is 2.32. The highest BCUT2D eigenvalue weighted by atomic mass is 32.2. The first-order valence-electron chi connectivity index (χ1n) is 5.41. The molecule has 1 aliphatic rings. The summed E-state index contributed by atoms with van der Waals surface area (Å²) in [4.78, 5) is 3.88. The second-order valence-electron chi connectivity index (χ2n) is 3.76. The van der Waals surface area contributed by atoms with Crippen LogP contribution < -0.4 is 5.73 Å². The van der Waals surface area contributed by atoms with E-state index in [1.165, 1.54) is 16.6 Å². The number of ether oxygens (including phenoxy) is 1. The largest absolute Gasteiger partial charge is 0.383 e. The smallest absolute Gasteiger partial charge is 0.246 e. The standard InChI is InChI=1S/C10H15N3O3S/c11-10-9(3-1-4-12-10)17(14,15)13-5-2-7-16-8-6-13/h1,3-4H,2,5-8H2,(H2,11,12). The number of aromatic nitrogens is 1. The summed E-state index contributed by atoms with van der Waals surface area (Å²) in [5.41, 5.74) is 5.60. The third-order valence-corrected chi connectivity index (χ3v) is 4.54. The van der Waals surface area contributed by atoms with Crippen LogP contribution in [0.15, 0.2) is 23.2 Å². The summed E-state index contributed by atoms with van der Waals surface area (Å²) in [6, 6.07) is 3.04. The number of rotatable bonds is 2. The minimum absolute atomic E-state index is 0.0395. The van der Waals surface area contributed by atoms with Crippen molar-refractivity contribution in [3.8, 4) is 0 Å². The molecule has 1 saturated heterocycles. The van der Waals surface area contributed by atoms with Crippen molar-refractivity contribution in [1.82, 2.24) is 9.29 Å². The van der Waals surface area contributed by atoms with Crippen LogP contribution in [0.25, 0.3) is 0 Å². The Morgan fingerprint density at radius 1 is 1.35 bits per heavy atom. The molecule has 0 radical (unpaired) electrons. The van der Waals surface area contributed by atoms with Gasteiger partial charge in [-0.2, -0.15) is 4.31 Å². The van der Waals surface area contributed by atoms with Crippen LogP contribution in [0.1, 0.15) is 6.42 Å². The van der Waals surface area contributed by atoms with Gasteiger partial charge in [-0.1, -0.05) is 0 Å². The lowest BCUT2D eigenvalue weighted by atomic mass is 10.5. The molecule has 0 amide bonds. The molecule has 1 fully saturated rings. The van der Waals surface area contributed by atoms with E-state index in [4.69, 9.17) is 10.5 Å². The number of nitrogens with zero attached hydrogens (tertiary/aromatic N) is 2. The molecule has 7 heteroatoms. The van der Waals surface area contributed by atoms with Gasteiger partial charge >= 0.3 is 0 Å². The maximum Gasteiger partial charge on any atom is 0.246 e. The molecule has 1 aromatic heterocycles. The van der Waals surface area contributed by atoms with E-state index in [1.54, 1.807) is 6.07 Å². The van der Waals surface area contributed by atoms with Gasteiger partial charge in [-0.3, -0.25) is 0 Å². The Morgan fingerprint density at radius 3 is 2.94 bits per heavy atom. The van der Waals surface area contributed by atoms with Crippen LogP contribution in [0.5, 0.6) is 0 Å². The maximum absolute atomic E-state index is 12.3. The van der Waals surface area contributed by atoms with Gasteiger partial charge in [0.05, 0.1) is 6.61 Å². The van der Waals surface area contributed by atoms with Crippen molar-refractivity contribution in [3.05, 3.63) is 18.3 Å². The van der Waals surface area contributed by atoms with Gasteiger partial charge in [0.2, 0.25) is 10.0 Å². The summed E-state index contributed by atoms with van der Waals surface area (Å²) in [7, 11) is -3.55. The predicted molar refractivity (Wildman–Crippen MR) is 62.8 cm³/mol. The molecular formula is C10H15N3O3S. The Labute approximate surface area is 100 Å². The zero-order chi connectivity index (χ0) is 12.3. The van der Waals surface area contributed by atoms with Crippen LogP contribution in [0.2, 0.25) is 0 Å². The van der Waals surface area contributed by atoms with Crippen LogP contribution in [0.4, 0.5) is 5.82 Å². The molecule has 6 nitrogen and oxygen atoms in total. The fraction of sp³-hybridized carbons (Fsp3) is 0.500. The summed E-state index contributed by atoms with van der Waals surface area (Å²) in [5.74, 6) is 0.0395. The summed E-state index contributed by atoms with van der Waals surface area (Å²) >= 11 is 0. The van der Waals surface area contributed by atoms with E-state index in [0.29, 0.717) is 32.7 Å². The van der Waals surface area contributed by atoms with Gasteiger partial charge in [0.1, 0.15) is 10.7 Å². The highest BCUT2D eigenvalue weighted by molar-refractivity contribution is 7.89. The monoisotopic (exact) mass is 257 g/mol. The van der Waals surface area contributed by atoms with Gasteiger partial charge in [0, 0.05) is 25.9 Å². The topological polar surface area (TPSA) is 85.5 Å². The van der Waals surface area contributed by atoms with Crippen LogP contribution in [0, 0.1) is 0 Å². The third-order valence-electron chi connectivity index (χ3n) is 2.60. The van der Waals surface area contributed by atoms with E-state index in [0.717, 1.165) is 0 Å². The fourth-order valence-electron chi connectivity index (χ4n) is 1.72. The molecule has 1 aliphatic heterocycles. The Hall–Kier alpha value is -1.18. The second kappa shape index (κ2) is 4.99. The lowest BCUT2D eigenvalue weighted by Crippen LogP contribution is -2.33. The lowest BCUT2D eigenvalue weighted by Gasteiger charge is -2.19. The first kappa shape index (κ1) is 12.3. The van der Waals surface area contributed by atoms with E-state index in [-0.39, 0.29) is 10.7 Å². The maximum atomic E-state index is 12.3. The van der Waals surface area contributed by atoms with Crippen molar-refractivity contribution < 1.29 is 13.2 Å². The molecule has 0 aliphatic carbocycles. The number of nitrogens with two attached hydrogens (primary N) is 1. The van der Waals surface area contributed by atoms with Crippen LogP contribution in [-0.2, 0) is 14.8 Å². The molecule has 0 atom stereocenters. The Bertz CT molecular complexity index is 481. The summed E-state index contributed by atoms with van der Waals surface area (Å²) in [6.07, 6.45) is 2.17. The minimum atomic E-state index is -3.55. The van der Waals surface area contributed by atoms with Crippen LogP contribution >= 0.6 is 0 Å². The molecular weight excluding hydrogens is 242 g/mol. The normalized spacial score (nSPS) is 18.8. The number of hydrogen-bond acceptors (Lipinski definition) is 5. The van der Waals surface area contributed by atoms with Gasteiger partial charge in [-0.25, -0.2) is 13.4 Å². The molecule has 0 saturated carbocycles. The molecule has 0 unspecified atom stereocenters. The second-order valence-corrected chi connectivity index (χ2v) is 5.66. The first-order valence-corrected chi connectivity index (χ1v) is 6.85. The third kappa shape index (κ3) is 2.56. The van der Waals surface area contributed by atoms with Gasteiger partial charge in [-0.05, 0) is 18.6 Å². The summed E-state index contributed by atoms with van der Waals surface area (Å²) in [6.45, 7) is 1.82. The van der Waals surface area contributed by atoms with Crippen LogP contribution in [0.3, 0.4) is 0 Å². The predicted octanol–water partition coefficient (Wildman–Crippen LogP) is 0.0748. The van der Waals surface area contributed by atoms with Crippen molar-refractivity contribution in [2.24, 2.45) is 0 Å². The summed E-state index contributed by atoms with van der Waals surface area (Å²) < 4.78 is 31.3. The number of sulfonamides is 1. The van der Waals surface area contributed by atoms with Gasteiger partial charge in [0.25, 0.3) is 0 Å². The van der Waals surface area contributed by atoms with Crippen molar-refractivity contribution in [3.63, 3.8) is 0 Å². The zero-order valence-corrected chi connectivity index (χ0v) is 10.2. The first-order chi connectivity index (χ1) is 8.12. The zero-order valence-electron chi connectivity index (χ0n) is 9.37. The van der Waals surface area contributed by atoms with E-state index in [9.17, 15) is 8.42 Å². The highest BCUT2D eigenvalue weighted by Crippen LogP contribution is 2.20. The minimum Gasteiger partial charge on any atom is -0.383 e. The molecule has 2 N–H and O–H groups in total. The number of hydrogen-bond donors (Lipinski definition) is 1. The molecule has 2 rings (SSSR count). The van der Waals surface area contributed by atoms with Crippen molar-refractivity contribution in [2.45, 2.75) is 11.3 Å². The molecule has 0 aromatic carbocycles. The molecule has 94 valence electrons. The van der Waals surface area contributed by atoms with Gasteiger partial charge in [-0.15, -0.1) is 0 Å². The van der Waals surface area contributed by atoms with Crippen molar-refractivity contribution >= 4 is 15.8 Å². The van der Waals surface area contributed by atoms with E-state index in [1.807, 2.05) is 0 Å². The molecule has 0 spiro atoms. The van der Waals surface area contributed by atoms with Gasteiger partial charge < -0.3 is 10.5 Å². The Morgan fingerprint density at radius 2 is 2.18 bits per heavy atom. The Kier molecular flexibility index (Phi) is 3.60. The lowest BCUT2D eigenvalue weighted by molar-refractivity contribution is 0.148. The molecule has 0 bridgehead atoms. The number of nitrogen functional groups attached to an aromatic ring is 1. The van der Waals surface area contributed by atoms with E-state index < -0.39 is 10.0 Å². The van der Waals surface area contributed by atoms with Gasteiger partial charge in [0.15, 0.2) is 0 Å². The quantitative estimate of drug-likeness (QED) is 0.810. The van der Waals surface area contributed by atoms with Crippen molar-refractivity contribution in [2.75, 3.05) is 32.0 Å². The molecule has 2 heterocycles. The van der Waals surface area contributed by atoms with E-state index in [2.05, 4.69) is 4.98 Å². The number of pyridine rings is 1. The average molecular weight is 257 g/mol. The molecule has 17 heavy (non-hydrogen) atoms.